The zero-order valence-corrected chi connectivity index (χ0v) is 26.0. The number of hydrogen-bond acceptors (Lipinski definition) is 10. The van der Waals surface area contributed by atoms with Crippen molar-refractivity contribution in [2.45, 2.75) is 52.1 Å². The molecule has 1 amide bonds. The van der Waals surface area contributed by atoms with Crippen LogP contribution in [0.4, 0.5) is 15.2 Å². The van der Waals surface area contributed by atoms with Crippen LogP contribution in [-0.2, 0) is 17.9 Å². The number of anilines is 2. The zero-order valence-electron chi connectivity index (χ0n) is 25.2. The molecule has 0 spiro atoms. The lowest BCUT2D eigenvalue weighted by Crippen LogP contribution is -2.33. The van der Waals surface area contributed by atoms with Crippen molar-refractivity contribution in [1.82, 2.24) is 34.1 Å². The summed E-state index contributed by atoms with van der Waals surface area (Å²) in [7, 11) is 3.54. The molecule has 0 bridgehead atoms. The lowest BCUT2D eigenvalue weighted by molar-refractivity contribution is -0.117. The van der Waals surface area contributed by atoms with Gasteiger partial charge in [-0.1, -0.05) is 6.42 Å². The monoisotopic (exact) mass is 608 g/mol. The topological polar surface area (TPSA) is 106 Å². The minimum atomic E-state index is -0.429. The summed E-state index contributed by atoms with van der Waals surface area (Å²) in [5, 5.41) is 13.6. The quantitative estimate of drug-likeness (QED) is 0.424. The Labute approximate surface area is 256 Å². The number of carbonyl (C=O) groups is 1. The van der Waals surface area contributed by atoms with E-state index in [-0.39, 0.29) is 12.1 Å². The number of hydrogen-bond donors (Lipinski definition) is 2. The van der Waals surface area contributed by atoms with Gasteiger partial charge in [0.05, 0.1) is 30.1 Å². The number of allylic oxidation sites excluding steroid dienone is 1. The summed E-state index contributed by atoms with van der Waals surface area (Å²) in [5.41, 5.74) is 3.96. The number of amides is 1. The Morgan fingerprint density at radius 3 is 2.84 bits per heavy atom. The van der Waals surface area contributed by atoms with Gasteiger partial charge in [-0.15, -0.1) is 0 Å². The van der Waals surface area contributed by atoms with Crippen LogP contribution in [0, 0.1) is 6.92 Å². The second kappa shape index (κ2) is 14.6. The van der Waals surface area contributed by atoms with Gasteiger partial charge < -0.3 is 20.1 Å². The molecule has 0 unspecified atom stereocenters. The number of nitrogens with zero attached hydrogens (tertiary/aromatic N) is 8. The first-order chi connectivity index (χ1) is 20.9. The Balaban J connectivity index is 1.23. The van der Waals surface area contributed by atoms with Gasteiger partial charge in [0.2, 0.25) is 0 Å². The molecule has 13 heteroatoms. The molecule has 0 aromatic carbocycles. The number of piperidine rings is 1. The average Bonchev–Trinajstić information content (AvgIpc) is 3.29. The first kappa shape index (κ1) is 30.6. The molecule has 230 valence electrons. The van der Waals surface area contributed by atoms with Crippen LogP contribution in [0.15, 0.2) is 57.8 Å². The third kappa shape index (κ3) is 8.38. The van der Waals surface area contributed by atoms with Gasteiger partial charge in [0, 0.05) is 58.5 Å². The number of likely N-dealkylation sites (N-methyl/N-ethyl adjacent to an activating group) is 1. The van der Waals surface area contributed by atoms with Gasteiger partial charge >= 0.3 is 0 Å². The van der Waals surface area contributed by atoms with Crippen molar-refractivity contribution in [1.29, 1.82) is 0 Å². The maximum atomic E-state index is 14.2. The average molecular weight is 609 g/mol. The van der Waals surface area contributed by atoms with E-state index in [1.54, 1.807) is 25.2 Å². The molecule has 0 aliphatic carbocycles. The molecule has 3 aliphatic rings. The van der Waals surface area contributed by atoms with Gasteiger partial charge in [-0.25, -0.2) is 9.37 Å². The van der Waals surface area contributed by atoms with Crippen molar-refractivity contribution >= 4 is 34.5 Å². The van der Waals surface area contributed by atoms with Crippen molar-refractivity contribution in [2.75, 3.05) is 52.1 Å². The molecule has 5 rings (SSSR count). The van der Waals surface area contributed by atoms with Crippen molar-refractivity contribution < 1.29 is 9.18 Å². The standard InChI is InChI=1S/C30H41FN10OS/c1-22-17-40(29(32-2)28(35-22)36-27-16-24(37-43-27)20-39-12-5-4-6-13-39)18-23-8-7-10-34-41(19-23)15-11-33-30(42)25-9-14-38(3)21-26(25)31/h9-10,14,16-17,19H,4-8,11-13,15,18,20-21H2,1-3H3,(H,33,42)(H,35,36). The number of aromatic nitrogens is 3. The Kier molecular flexibility index (Phi) is 10.4. The molecule has 11 nitrogen and oxygen atoms in total. The summed E-state index contributed by atoms with van der Waals surface area (Å²) in [6, 6.07) is 2.11. The van der Waals surface area contributed by atoms with Gasteiger partial charge in [0.25, 0.3) is 5.91 Å². The van der Waals surface area contributed by atoms with E-state index in [0.29, 0.717) is 25.5 Å². The fourth-order valence-corrected chi connectivity index (χ4v) is 6.09. The number of nitrogens with one attached hydrogen (secondary N) is 2. The molecule has 2 aromatic heterocycles. The Morgan fingerprint density at radius 2 is 2.05 bits per heavy atom. The van der Waals surface area contributed by atoms with E-state index in [4.69, 9.17) is 4.98 Å². The van der Waals surface area contributed by atoms with Crippen LogP contribution < -0.4 is 16.1 Å². The minimum Gasteiger partial charge on any atom is -0.374 e. The van der Waals surface area contributed by atoms with Crippen LogP contribution >= 0.6 is 11.5 Å². The maximum Gasteiger partial charge on any atom is 0.254 e. The van der Waals surface area contributed by atoms with Crippen LogP contribution in [0.1, 0.15) is 43.5 Å². The fourth-order valence-electron chi connectivity index (χ4n) is 5.43. The van der Waals surface area contributed by atoms with E-state index >= 15 is 0 Å². The predicted molar refractivity (Wildman–Crippen MR) is 168 cm³/mol. The minimum absolute atomic E-state index is 0.0787. The summed E-state index contributed by atoms with van der Waals surface area (Å²) in [6.45, 7) is 6.65. The normalized spacial score (nSPS) is 18.2. The third-order valence-corrected chi connectivity index (χ3v) is 8.28. The Morgan fingerprint density at radius 1 is 1.21 bits per heavy atom. The van der Waals surface area contributed by atoms with Gasteiger partial charge in [0.1, 0.15) is 10.8 Å². The second-order valence-electron chi connectivity index (χ2n) is 11.1. The molecule has 5 heterocycles. The molecule has 43 heavy (non-hydrogen) atoms. The number of aryl methyl sites for hydroxylation is 1. The highest BCUT2D eigenvalue weighted by Gasteiger charge is 2.18. The van der Waals surface area contributed by atoms with Crippen molar-refractivity contribution in [2.24, 2.45) is 10.1 Å². The van der Waals surface area contributed by atoms with E-state index in [0.717, 1.165) is 54.4 Å². The first-order valence-electron chi connectivity index (χ1n) is 14.9. The summed E-state index contributed by atoms with van der Waals surface area (Å²) < 4.78 is 21.0. The van der Waals surface area contributed by atoms with Crippen molar-refractivity contribution in [3.8, 4) is 0 Å². The fraction of sp³-hybridized carbons (Fsp3) is 0.500. The number of carbonyl (C=O) groups excluding carboxylic acids is 1. The van der Waals surface area contributed by atoms with E-state index in [1.807, 2.05) is 30.5 Å². The van der Waals surface area contributed by atoms with Crippen LogP contribution in [-0.4, -0.2) is 87.7 Å². The van der Waals surface area contributed by atoms with Gasteiger partial charge in [-0.2, -0.15) is 9.47 Å². The number of likely N-dealkylation sites (tertiary alicyclic amines) is 1. The molecule has 0 atom stereocenters. The highest BCUT2D eigenvalue weighted by atomic mass is 32.1. The van der Waals surface area contributed by atoms with Crippen LogP contribution in [0.25, 0.3) is 0 Å². The number of hydrazone groups is 1. The van der Waals surface area contributed by atoms with Gasteiger partial charge in [0.15, 0.2) is 11.3 Å². The molecule has 3 aliphatic heterocycles. The molecular formula is C30H41FN10OS. The second-order valence-corrected chi connectivity index (χ2v) is 11.9. The first-order valence-corrected chi connectivity index (χ1v) is 15.6. The Hall–Kier alpha value is -3.84. The maximum absolute atomic E-state index is 14.2. The summed E-state index contributed by atoms with van der Waals surface area (Å²) in [5.74, 6) is -0.145. The molecule has 1 fully saturated rings. The third-order valence-electron chi connectivity index (χ3n) is 7.54. The van der Waals surface area contributed by atoms with Crippen LogP contribution in [0.3, 0.4) is 0 Å². The molecule has 0 radical (unpaired) electrons. The van der Waals surface area contributed by atoms with Crippen LogP contribution in [0.5, 0.6) is 0 Å². The molecule has 0 saturated carbocycles. The molecule has 1 saturated heterocycles. The van der Waals surface area contributed by atoms with E-state index in [2.05, 4.69) is 40.6 Å². The van der Waals surface area contributed by atoms with Crippen LogP contribution in [0.2, 0.25) is 0 Å². The lowest BCUT2D eigenvalue weighted by atomic mass is 10.1. The van der Waals surface area contributed by atoms with Crippen molar-refractivity contribution in [3.63, 3.8) is 0 Å². The predicted octanol–water partition coefficient (Wildman–Crippen LogP) is 3.67. The highest BCUT2D eigenvalue weighted by molar-refractivity contribution is 7.10. The largest absolute Gasteiger partial charge is 0.374 e. The highest BCUT2D eigenvalue weighted by Crippen LogP contribution is 2.22. The lowest BCUT2D eigenvalue weighted by Gasteiger charge is -2.25. The summed E-state index contributed by atoms with van der Waals surface area (Å²) in [6.07, 6.45) is 14.6. The van der Waals surface area contributed by atoms with Gasteiger partial charge in [-0.05, 0) is 74.9 Å². The van der Waals surface area contributed by atoms with E-state index in [9.17, 15) is 9.18 Å². The number of halogens is 1. The molecular weight excluding hydrogens is 567 g/mol. The Bertz CT molecular complexity index is 1480. The van der Waals surface area contributed by atoms with E-state index in [1.165, 1.54) is 42.4 Å². The molecule has 2 N–H and O–H groups in total. The SMILES string of the molecule is CN=c1c(Nc2cc(CN3CCCCC3)ns2)nc(C)cn1CC1=CN(CCNC(=O)C2=C(F)CN(C)C=C2)N=CCC1. The smallest absolute Gasteiger partial charge is 0.254 e. The van der Waals surface area contributed by atoms with Crippen molar-refractivity contribution in [3.05, 3.63) is 64.6 Å². The zero-order chi connectivity index (χ0) is 30.2. The van der Waals surface area contributed by atoms with E-state index < -0.39 is 11.7 Å². The summed E-state index contributed by atoms with van der Waals surface area (Å²) >= 11 is 1.45. The van der Waals surface area contributed by atoms with Gasteiger partial charge in [-0.3, -0.25) is 19.7 Å². The number of rotatable bonds is 10. The summed E-state index contributed by atoms with van der Waals surface area (Å²) in [4.78, 5) is 26.0. The molecule has 2 aromatic rings.